The van der Waals surface area contributed by atoms with Gasteiger partial charge in [0.25, 0.3) is 0 Å². The summed E-state index contributed by atoms with van der Waals surface area (Å²) in [7, 11) is 0. The molecule has 3 heterocycles. The number of piperidine rings is 1. The molecule has 6 aliphatic rings. The molecular formula is C27H31ClN4O. The Morgan fingerprint density at radius 3 is 2.79 bits per heavy atom. The summed E-state index contributed by atoms with van der Waals surface area (Å²) < 4.78 is 0. The molecule has 0 amide bonds. The lowest BCUT2D eigenvalue weighted by Gasteiger charge is -2.66. The number of fused-ring (bicyclic) bond motifs is 1. The van der Waals surface area contributed by atoms with E-state index in [0.717, 1.165) is 24.8 Å². The maximum absolute atomic E-state index is 10.6. The van der Waals surface area contributed by atoms with Crippen LogP contribution in [0.3, 0.4) is 0 Å². The van der Waals surface area contributed by atoms with Gasteiger partial charge in [-0.15, -0.1) is 0 Å². The smallest absolute Gasteiger partial charge is 0.225 e. The van der Waals surface area contributed by atoms with Gasteiger partial charge >= 0.3 is 0 Å². The molecule has 1 aromatic heterocycles. The number of aromatic hydroxyl groups is 1. The van der Waals surface area contributed by atoms with Crippen LogP contribution in [0.15, 0.2) is 30.6 Å². The number of phenolic OH excluding ortho intramolecular Hbond substituents is 1. The Labute approximate surface area is 200 Å². The summed E-state index contributed by atoms with van der Waals surface area (Å²) >= 11 is 6.10. The fourth-order valence-corrected chi connectivity index (χ4v) is 9.73. The van der Waals surface area contributed by atoms with E-state index in [1.807, 2.05) is 6.07 Å². The minimum absolute atomic E-state index is 0.179. The normalized spacial score (nSPS) is 40.6. The first-order valence-electron chi connectivity index (χ1n) is 12.9. The first-order valence-corrected chi connectivity index (χ1v) is 13.3. The van der Waals surface area contributed by atoms with Crippen molar-refractivity contribution < 1.29 is 5.11 Å². The number of anilines is 1. The topological polar surface area (TPSA) is 52.5 Å². The van der Waals surface area contributed by atoms with E-state index in [0.29, 0.717) is 40.1 Å². The quantitative estimate of drug-likeness (QED) is 0.731. The Kier molecular flexibility index (Phi) is 3.79. The minimum Gasteiger partial charge on any atom is -0.508 e. The van der Waals surface area contributed by atoms with E-state index in [1.165, 1.54) is 62.7 Å². The molecule has 6 atom stereocenters. The van der Waals surface area contributed by atoms with Crippen molar-refractivity contribution in [2.75, 3.05) is 24.5 Å². The Hall–Kier alpha value is -1.85. The van der Waals surface area contributed by atoms with Crippen LogP contribution < -0.4 is 4.90 Å². The Morgan fingerprint density at radius 1 is 1.12 bits per heavy atom. The highest BCUT2D eigenvalue weighted by Crippen LogP contribution is 2.75. The number of benzene rings is 1. The van der Waals surface area contributed by atoms with Gasteiger partial charge in [0, 0.05) is 30.6 Å². The Balaban J connectivity index is 1.28. The number of hydrogen-bond donors (Lipinski definition) is 1. The zero-order chi connectivity index (χ0) is 21.9. The van der Waals surface area contributed by atoms with Gasteiger partial charge in [-0.2, -0.15) is 0 Å². The second-order valence-corrected chi connectivity index (χ2v) is 12.3. The SMILES string of the molecule is Oc1ccc2c(c1)C13CCN(CC4CC4)C(C2)C12CCC1C3[C@@H](CN1c1ncc(Cl)cn1)C2. The highest BCUT2D eigenvalue weighted by molar-refractivity contribution is 6.30. The molecule has 1 aromatic carbocycles. The van der Waals surface area contributed by atoms with Crippen LogP contribution in [0, 0.1) is 23.2 Å². The first-order chi connectivity index (χ1) is 16.1. The summed E-state index contributed by atoms with van der Waals surface area (Å²) in [5.41, 5.74) is 3.52. The molecule has 5 nitrogen and oxygen atoms in total. The van der Waals surface area contributed by atoms with Crippen molar-refractivity contribution in [1.29, 1.82) is 0 Å². The van der Waals surface area contributed by atoms with Crippen LogP contribution in [0.5, 0.6) is 5.75 Å². The van der Waals surface area contributed by atoms with Gasteiger partial charge in [0.1, 0.15) is 5.75 Å². The first kappa shape index (κ1) is 19.5. The standard InChI is InChI=1S/C27H31ClN4O/c28-19-12-29-25(30-13-19)32-15-18-11-26-6-5-22(32)24(18)27(26)7-8-31(14-16-1-2-16)23(26)9-17-3-4-20(33)10-21(17)27/h3-4,10,12-13,16,18,22-24,33H,1-2,5-9,11,14-15H2/t18-,22?,23?,24?,26?,27?/m1/s1. The lowest BCUT2D eigenvalue weighted by Crippen LogP contribution is -2.69. The number of halogens is 1. The van der Waals surface area contributed by atoms with E-state index in [-0.39, 0.29) is 5.41 Å². The molecule has 4 bridgehead atoms. The van der Waals surface area contributed by atoms with E-state index in [2.05, 4.69) is 31.9 Å². The zero-order valence-corrected chi connectivity index (χ0v) is 19.7. The lowest BCUT2D eigenvalue weighted by molar-refractivity contribution is -0.0921. The molecule has 33 heavy (non-hydrogen) atoms. The third-order valence-electron chi connectivity index (χ3n) is 10.6. The van der Waals surface area contributed by atoms with Gasteiger partial charge in [0.05, 0.1) is 17.4 Å². The molecule has 0 radical (unpaired) electrons. The van der Waals surface area contributed by atoms with Gasteiger partial charge in [0.2, 0.25) is 5.95 Å². The average molecular weight is 463 g/mol. The number of hydrogen-bond acceptors (Lipinski definition) is 5. The van der Waals surface area contributed by atoms with Crippen LogP contribution in [-0.4, -0.2) is 51.7 Å². The van der Waals surface area contributed by atoms with Gasteiger partial charge in [-0.1, -0.05) is 17.7 Å². The second-order valence-electron chi connectivity index (χ2n) is 11.8. The summed E-state index contributed by atoms with van der Waals surface area (Å²) in [5.74, 6) is 3.51. The fraction of sp³-hybridized carbons (Fsp3) is 0.630. The van der Waals surface area contributed by atoms with E-state index in [4.69, 9.17) is 11.6 Å². The molecule has 5 unspecified atom stereocenters. The van der Waals surface area contributed by atoms with Gasteiger partial charge in [-0.3, -0.25) is 4.90 Å². The molecule has 4 aliphatic carbocycles. The van der Waals surface area contributed by atoms with E-state index in [1.54, 1.807) is 12.4 Å². The van der Waals surface area contributed by atoms with Crippen molar-refractivity contribution in [3.8, 4) is 5.75 Å². The summed E-state index contributed by atoms with van der Waals surface area (Å²) in [4.78, 5) is 14.7. The van der Waals surface area contributed by atoms with Gasteiger partial charge in [0.15, 0.2) is 0 Å². The monoisotopic (exact) mass is 462 g/mol. The summed E-state index contributed by atoms with van der Waals surface area (Å²) in [6, 6.07) is 7.46. The van der Waals surface area contributed by atoms with E-state index >= 15 is 0 Å². The zero-order valence-electron chi connectivity index (χ0n) is 19.0. The van der Waals surface area contributed by atoms with Crippen molar-refractivity contribution in [3.05, 3.63) is 46.7 Å². The Morgan fingerprint density at radius 2 is 1.97 bits per heavy atom. The van der Waals surface area contributed by atoms with Crippen molar-refractivity contribution >= 4 is 17.5 Å². The fourth-order valence-electron chi connectivity index (χ4n) is 9.63. The minimum atomic E-state index is 0.179. The van der Waals surface area contributed by atoms with Crippen LogP contribution in [-0.2, 0) is 11.8 Å². The molecule has 172 valence electrons. The predicted octanol–water partition coefficient (Wildman–Crippen LogP) is 4.42. The van der Waals surface area contributed by atoms with Crippen LogP contribution >= 0.6 is 11.6 Å². The maximum Gasteiger partial charge on any atom is 0.225 e. The maximum atomic E-state index is 10.6. The average Bonchev–Trinajstić information content (AvgIpc) is 3.50. The highest BCUT2D eigenvalue weighted by Gasteiger charge is 2.76. The third kappa shape index (κ3) is 2.38. The number of likely N-dealkylation sites (tertiary alicyclic amines) is 1. The summed E-state index contributed by atoms with van der Waals surface area (Å²) in [6.45, 7) is 3.58. The molecule has 3 saturated carbocycles. The van der Waals surface area contributed by atoms with Crippen molar-refractivity contribution in [2.45, 2.75) is 62.4 Å². The molecule has 2 aliphatic heterocycles. The molecule has 2 aromatic rings. The predicted molar refractivity (Wildman–Crippen MR) is 128 cm³/mol. The molecular weight excluding hydrogens is 432 g/mol. The molecule has 5 fully saturated rings. The second kappa shape index (κ2) is 6.42. The molecule has 6 heteroatoms. The summed E-state index contributed by atoms with van der Waals surface area (Å²) in [5, 5.41) is 11.2. The number of nitrogens with zero attached hydrogens (tertiary/aromatic N) is 4. The lowest BCUT2D eigenvalue weighted by atomic mass is 9.43. The van der Waals surface area contributed by atoms with Crippen molar-refractivity contribution in [3.63, 3.8) is 0 Å². The number of phenols is 1. The molecule has 0 spiro atoms. The third-order valence-corrected chi connectivity index (χ3v) is 10.8. The number of rotatable bonds is 3. The van der Waals surface area contributed by atoms with Crippen LogP contribution in [0.4, 0.5) is 5.95 Å². The molecule has 8 rings (SSSR count). The molecule has 2 saturated heterocycles. The largest absolute Gasteiger partial charge is 0.508 e. The van der Waals surface area contributed by atoms with Gasteiger partial charge in [-0.05, 0) is 97.9 Å². The van der Waals surface area contributed by atoms with Crippen molar-refractivity contribution in [2.24, 2.45) is 23.2 Å². The van der Waals surface area contributed by atoms with Crippen LogP contribution in [0.1, 0.15) is 49.7 Å². The van der Waals surface area contributed by atoms with Crippen LogP contribution in [0.25, 0.3) is 0 Å². The van der Waals surface area contributed by atoms with Gasteiger partial charge in [-0.25, -0.2) is 9.97 Å². The summed E-state index contributed by atoms with van der Waals surface area (Å²) in [6.07, 6.45) is 12.6. The van der Waals surface area contributed by atoms with Crippen LogP contribution in [0.2, 0.25) is 5.02 Å². The highest BCUT2D eigenvalue weighted by atomic mass is 35.5. The van der Waals surface area contributed by atoms with E-state index < -0.39 is 0 Å². The molecule has 1 N–H and O–H groups in total. The van der Waals surface area contributed by atoms with Gasteiger partial charge < -0.3 is 10.0 Å². The van der Waals surface area contributed by atoms with Crippen molar-refractivity contribution in [1.82, 2.24) is 14.9 Å². The number of aromatic nitrogens is 2. The van der Waals surface area contributed by atoms with E-state index in [9.17, 15) is 5.11 Å². The Bertz CT molecular complexity index is 1140.